The Balaban J connectivity index is 2.21. The van der Waals surface area contributed by atoms with E-state index < -0.39 is 12.0 Å². The smallest absolute Gasteiger partial charge is 0.325 e. The number of nitrogens with zero attached hydrogens (tertiary/aromatic N) is 1. The second-order valence-corrected chi connectivity index (χ2v) is 4.87. The summed E-state index contributed by atoms with van der Waals surface area (Å²) in [6.45, 7) is 3.33. The molecule has 0 aromatic heterocycles. The van der Waals surface area contributed by atoms with Crippen molar-refractivity contribution in [3.8, 4) is 0 Å². The van der Waals surface area contributed by atoms with Crippen LogP contribution in [0.3, 0.4) is 0 Å². The van der Waals surface area contributed by atoms with Gasteiger partial charge < -0.3 is 10.4 Å². The van der Waals surface area contributed by atoms with Crippen molar-refractivity contribution in [1.82, 2.24) is 10.2 Å². The Bertz CT molecular complexity index is 400. The fourth-order valence-electron chi connectivity index (χ4n) is 2.28. The Morgan fingerprint density at radius 1 is 1.28 bits per heavy atom. The molecular formula is C13H17ClN2O2. The van der Waals surface area contributed by atoms with E-state index in [1.54, 1.807) is 24.3 Å². The molecule has 1 atom stereocenters. The van der Waals surface area contributed by atoms with Crippen molar-refractivity contribution in [3.63, 3.8) is 0 Å². The van der Waals surface area contributed by atoms with Gasteiger partial charge in [-0.3, -0.25) is 9.69 Å². The lowest BCUT2D eigenvalue weighted by Crippen LogP contribution is -2.36. The van der Waals surface area contributed by atoms with Gasteiger partial charge in [0.15, 0.2) is 0 Å². The van der Waals surface area contributed by atoms with Gasteiger partial charge in [-0.15, -0.1) is 0 Å². The number of rotatable bonds is 3. The molecule has 1 saturated heterocycles. The molecule has 0 aliphatic carbocycles. The first-order valence-corrected chi connectivity index (χ1v) is 6.49. The van der Waals surface area contributed by atoms with Crippen LogP contribution in [0.5, 0.6) is 0 Å². The molecule has 1 unspecified atom stereocenters. The lowest BCUT2D eigenvalue weighted by molar-refractivity contribution is -0.143. The fraction of sp³-hybridized carbons (Fsp3) is 0.462. The highest BCUT2D eigenvalue weighted by Gasteiger charge is 2.27. The van der Waals surface area contributed by atoms with Crippen molar-refractivity contribution in [2.75, 3.05) is 26.2 Å². The zero-order chi connectivity index (χ0) is 13.0. The van der Waals surface area contributed by atoms with Crippen LogP contribution in [0.25, 0.3) is 0 Å². The molecular weight excluding hydrogens is 252 g/mol. The van der Waals surface area contributed by atoms with Gasteiger partial charge in [0.05, 0.1) is 0 Å². The predicted octanol–water partition coefficient (Wildman–Crippen LogP) is 1.76. The summed E-state index contributed by atoms with van der Waals surface area (Å²) in [5.41, 5.74) is 0.786. The molecule has 0 bridgehead atoms. The van der Waals surface area contributed by atoms with Crippen molar-refractivity contribution in [2.24, 2.45) is 0 Å². The normalized spacial score (nSPS) is 19.2. The summed E-state index contributed by atoms with van der Waals surface area (Å²) in [7, 11) is 0. The topological polar surface area (TPSA) is 52.6 Å². The van der Waals surface area contributed by atoms with Crippen LogP contribution < -0.4 is 5.32 Å². The quantitative estimate of drug-likeness (QED) is 0.877. The molecule has 1 aliphatic rings. The first-order valence-electron chi connectivity index (χ1n) is 6.11. The van der Waals surface area contributed by atoms with Gasteiger partial charge in [0.1, 0.15) is 6.04 Å². The van der Waals surface area contributed by atoms with E-state index in [-0.39, 0.29) is 0 Å². The van der Waals surface area contributed by atoms with Gasteiger partial charge in [-0.1, -0.05) is 23.7 Å². The lowest BCUT2D eigenvalue weighted by Gasteiger charge is -2.27. The number of hydrogen-bond acceptors (Lipinski definition) is 3. The molecule has 18 heavy (non-hydrogen) atoms. The molecule has 1 heterocycles. The summed E-state index contributed by atoms with van der Waals surface area (Å²) < 4.78 is 0. The average Bonchev–Trinajstić information content (AvgIpc) is 2.60. The van der Waals surface area contributed by atoms with Gasteiger partial charge in [0.25, 0.3) is 0 Å². The summed E-state index contributed by atoms with van der Waals surface area (Å²) in [4.78, 5) is 13.5. The van der Waals surface area contributed by atoms with E-state index in [0.717, 1.165) is 38.2 Å². The second kappa shape index (κ2) is 6.18. The standard InChI is InChI=1S/C13H17ClN2O2/c14-11-4-2-10(3-5-11)12(13(17)18)16-8-1-6-15-7-9-16/h2-5,12,15H,1,6-9H2,(H,17,18). The maximum absolute atomic E-state index is 11.5. The molecule has 2 rings (SSSR count). The highest BCUT2D eigenvalue weighted by Crippen LogP contribution is 2.23. The number of aliphatic carboxylic acids is 1. The zero-order valence-electron chi connectivity index (χ0n) is 10.1. The molecule has 1 aliphatic heterocycles. The number of carboxylic acids is 1. The van der Waals surface area contributed by atoms with Crippen LogP contribution in [-0.4, -0.2) is 42.2 Å². The first kappa shape index (κ1) is 13.3. The third-order valence-electron chi connectivity index (χ3n) is 3.16. The molecule has 1 aromatic rings. The van der Waals surface area contributed by atoms with Crippen LogP contribution in [0.1, 0.15) is 18.0 Å². The molecule has 5 heteroatoms. The van der Waals surface area contributed by atoms with Gasteiger partial charge in [-0.25, -0.2) is 0 Å². The number of nitrogens with one attached hydrogen (secondary N) is 1. The molecule has 0 saturated carbocycles. The summed E-state index contributed by atoms with van der Waals surface area (Å²) in [5.74, 6) is -0.806. The lowest BCUT2D eigenvalue weighted by atomic mass is 10.1. The summed E-state index contributed by atoms with van der Waals surface area (Å²) >= 11 is 5.84. The number of carboxylic acid groups (broad SMARTS) is 1. The maximum atomic E-state index is 11.5. The van der Waals surface area contributed by atoms with E-state index in [0.29, 0.717) is 5.02 Å². The minimum Gasteiger partial charge on any atom is -0.480 e. The van der Waals surface area contributed by atoms with Crippen molar-refractivity contribution < 1.29 is 9.90 Å². The van der Waals surface area contributed by atoms with E-state index in [2.05, 4.69) is 5.32 Å². The fourth-order valence-corrected chi connectivity index (χ4v) is 2.41. The Kier molecular flexibility index (Phi) is 4.58. The highest BCUT2D eigenvalue weighted by atomic mass is 35.5. The molecule has 0 amide bonds. The van der Waals surface area contributed by atoms with Crippen molar-refractivity contribution >= 4 is 17.6 Å². The highest BCUT2D eigenvalue weighted by molar-refractivity contribution is 6.30. The molecule has 0 spiro atoms. The number of halogens is 1. The molecule has 98 valence electrons. The Labute approximate surface area is 112 Å². The van der Waals surface area contributed by atoms with Gasteiger partial charge in [-0.05, 0) is 30.7 Å². The van der Waals surface area contributed by atoms with Gasteiger partial charge in [0, 0.05) is 24.7 Å². The van der Waals surface area contributed by atoms with Crippen molar-refractivity contribution in [3.05, 3.63) is 34.9 Å². The SMILES string of the molecule is O=C(O)C(c1ccc(Cl)cc1)N1CCCNCC1. The average molecular weight is 269 g/mol. The van der Waals surface area contributed by atoms with E-state index in [1.165, 1.54) is 0 Å². The van der Waals surface area contributed by atoms with E-state index in [1.807, 2.05) is 4.90 Å². The molecule has 1 fully saturated rings. The van der Waals surface area contributed by atoms with Crippen molar-refractivity contribution in [2.45, 2.75) is 12.5 Å². The first-order chi connectivity index (χ1) is 8.68. The minimum atomic E-state index is -0.806. The summed E-state index contributed by atoms with van der Waals surface area (Å²) in [5, 5.41) is 13.3. The monoisotopic (exact) mass is 268 g/mol. The third kappa shape index (κ3) is 3.22. The maximum Gasteiger partial charge on any atom is 0.325 e. The Hall–Kier alpha value is -1.10. The number of carbonyl (C=O) groups is 1. The van der Waals surface area contributed by atoms with Gasteiger partial charge in [0.2, 0.25) is 0 Å². The molecule has 2 N–H and O–H groups in total. The largest absolute Gasteiger partial charge is 0.480 e. The van der Waals surface area contributed by atoms with Crippen LogP contribution in [0.2, 0.25) is 5.02 Å². The van der Waals surface area contributed by atoms with Crippen LogP contribution in [-0.2, 0) is 4.79 Å². The van der Waals surface area contributed by atoms with Crippen molar-refractivity contribution in [1.29, 1.82) is 0 Å². The molecule has 4 nitrogen and oxygen atoms in total. The van der Waals surface area contributed by atoms with Crippen LogP contribution in [0.15, 0.2) is 24.3 Å². The number of benzene rings is 1. The van der Waals surface area contributed by atoms with E-state index in [9.17, 15) is 9.90 Å². The minimum absolute atomic E-state index is 0.581. The van der Waals surface area contributed by atoms with Crippen LogP contribution >= 0.6 is 11.6 Å². The Morgan fingerprint density at radius 3 is 2.67 bits per heavy atom. The second-order valence-electron chi connectivity index (χ2n) is 4.43. The third-order valence-corrected chi connectivity index (χ3v) is 3.41. The number of hydrogen-bond donors (Lipinski definition) is 2. The zero-order valence-corrected chi connectivity index (χ0v) is 10.9. The summed E-state index contributed by atoms with van der Waals surface area (Å²) in [6.07, 6.45) is 0.970. The Morgan fingerprint density at radius 2 is 2.00 bits per heavy atom. The van der Waals surface area contributed by atoms with Gasteiger partial charge in [-0.2, -0.15) is 0 Å². The van der Waals surface area contributed by atoms with Crippen LogP contribution in [0, 0.1) is 0 Å². The van der Waals surface area contributed by atoms with Crippen LogP contribution in [0.4, 0.5) is 0 Å². The van der Waals surface area contributed by atoms with Gasteiger partial charge >= 0.3 is 5.97 Å². The van der Waals surface area contributed by atoms with E-state index in [4.69, 9.17) is 11.6 Å². The summed E-state index contributed by atoms with van der Waals surface area (Å²) in [6, 6.07) is 6.48. The molecule has 1 aromatic carbocycles. The van der Waals surface area contributed by atoms with E-state index >= 15 is 0 Å². The molecule has 0 radical (unpaired) electrons. The predicted molar refractivity (Wildman–Crippen MR) is 70.9 cm³/mol.